The van der Waals surface area contributed by atoms with Gasteiger partial charge in [0.05, 0.1) is 43.5 Å². The lowest BCUT2D eigenvalue weighted by Gasteiger charge is -2.39. The maximum Gasteiger partial charge on any atom is 0.264 e. The molecule has 0 radical (unpaired) electrons. The van der Waals surface area contributed by atoms with Gasteiger partial charge in [-0.3, -0.25) is 29.2 Å². The number of pyridine rings is 1. The van der Waals surface area contributed by atoms with Crippen LogP contribution < -0.4 is 19.7 Å². The number of fused-ring (bicyclic) bond motifs is 1. The molecule has 3 heterocycles. The minimum Gasteiger partial charge on any atom is -0.493 e. The second kappa shape index (κ2) is 14.7. The summed E-state index contributed by atoms with van der Waals surface area (Å²) >= 11 is 0. The molecule has 2 aliphatic heterocycles. The predicted octanol–water partition coefficient (Wildman–Crippen LogP) is 5.07. The molecular weight excluding hydrogens is 606 g/mol. The number of anilines is 1. The van der Waals surface area contributed by atoms with E-state index in [0.29, 0.717) is 34.6 Å². The molecule has 2 aliphatic rings. The predicted molar refractivity (Wildman–Crippen MR) is 183 cm³/mol. The maximum atomic E-state index is 14.4. The Morgan fingerprint density at radius 1 is 0.833 bits per heavy atom. The Hall–Kier alpha value is -5.22. The van der Waals surface area contributed by atoms with Gasteiger partial charge in [-0.1, -0.05) is 42.5 Å². The monoisotopic (exact) mass is 647 g/mol. The zero-order valence-electron chi connectivity index (χ0n) is 27.6. The van der Waals surface area contributed by atoms with Crippen LogP contribution >= 0.6 is 0 Å². The molecule has 4 aromatic rings. The number of rotatable bonds is 12. The molecule has 2 unspecified atom stereocenters. The van der Waals surface area contributed by atoms with Crippen LogP contribution in [0.25, 0.3) is 0 Å². The Labute approximate surface area is 281 Å². The maximum absolute atomic E-state index is 14.4. The molecule has 3 aromatic carbocycles. The number of carbonyl (C=O) groups excluding carboxylic acids is 3. The van der Waals surface area contributed by atoms with Crippen LogP contribution in [0.1, 0.15) is 62.8 Å². The van der Waals surface area contributed by atoms with Gasteiger partial charge >= 0.3 is 0 Å². The molecule has 3 amide bonds. The molecule has 6 rings (SSSR count). The third-order valence-corrected chi connectivity index (χ3v) is 9.37. The highest BCUT2D eigenvalue weighted by Crippen LogP contribution is 2.40. The first-order chi connectivity index (χ1) is 23.4. The molecule has 10 heteroatoms. The number of nitrogens with zero attached hydrogens (tertiary/aromatic N) is 4. The number of aromatic nitrogens is 1. The molecule has 2 atom stereocenters. The number of hydrogen-bond acceptors (Lipinski definition) is 8. The van der Waals surface area contributed by atoms with Gasteiger partial charge in [-0.05, 0) is 66.4 Å². The second-order valence-electron chi connectivity index (χ2n) is 12.1. The van der Waals surface area contributed by atoms with Gasteiger partial charge in [-0.25, -0.2) is 0 Å². The summed E-state index contributed by atoms with van der Waals surface area (Å²) in [4.78, 5) is 51.3. The molecule has 0 saturated carbocycles. The van der Waals surface area contributed by atoms with E-state index in [-0.39, 0.29) is 36.7 Å². The molecule has 248 valence electrons. The molecule has 0 bridgehead atoms. The van der Waals surface area contributed by atoms with E-state index in [1.165, 1.54) is 10.5 Å². The molecule has 1 saturated heterocycles. The normalized spacial score (nSPS) is 16.0. The minimum atomic E-state index is -0.658. The number of imide groups is 1. The van der Waals surface area contributed by atoms with Gasteiger partial charge in [0.15, 0.2) is 11.5 Å². The minimum absolute atomic E-state index is 0.155. The van der Waals surface area contributed by atoms with Crippen molar-refractivity contribution in [3.8, 4) is 11.5 Å². The van der Waals surface area contributed by atoms with Crippen LogP contribution in [-0.2, 0) is 11.2 Å². The second-order valence-corrected chi connectivity index (χ2v) is 12.1. The molecule has 1 N–H and O–H groups in total. The van der Waals surface area contributed by atoms with Crippen LogP contribution in [0.2, 0.25) is 0 Å². The van der Waals surface area contributed by atoms with Gasteiger partial charge in [0, 0.05) is 51.2 Å². The Morgan fingerprint density at radius 3 is 2.27 bits per heavy atom. The third-order valence-electron chi connectivity index (χ3n) is 9.37. The Morgan fingerprint density at radius 2 is 1.56 bits per heavy atom. The molecule has 48 heavy (non-hydrogen) atoms. The van der Waals surface area contributed by atoms with Gasteiger partial charge in [0.25, 0.3) is 11.8 Å². The smallest absolute Gasteiger partial charge is 0.264 e. The highest BCUT2D eigenvalue weighted by atomic mass is 16.5. The molecule has 10 nitrogen and oxygen atoms in total. The van der Waals surface area contributed by atoms with E-state index in [9.17, 15) is 14.4 Å². The fourth-order valence-electron chi connectivity index (χ4n) is 6.73. The van der Waals surface area contributed by atoms with Crippen LogP contribution in [-0.4, -0.2) is 79.4 Å². The summed E-state index contributed by atoms with van der Waals surface area (Å²) in [6.07, 6.45) is 3.82. The molecular formula is C38H41N5O5. The van der Waals surface area contributed by atoms with Crippen LogP contribution in [0.15, 0.2) is 91.3 Å². The van der Waals surface area contributed by atoms with Crippen LogP contribution in [0.5, 0.6) is 11.5 Å². The number of ether oxygens (including phenoxy) is 2. The summed E-state index contributed by atoms with van der Waals surface area (Å²) in [5, 5.41) is 2.97. The van der Waals surface area contributed by atoms with Crippen molar-refractivity contribution in [2.75, 3.05) is 51.8 Å². The first-order valence-electron chi connectivity index (χ1n) is 16.3. The van der Waals surface area contributed by atoms with Crippen molar-refractivity contribution in [3.63, 3.8) is 0 Å². The molecule has 0 spiro atoms. The zero-order valence-corrected chi connectivity index (χ0v) is 27.6. The average Bonchev–Trinajstić information content (AvgIpc) is 3.39. The molecule has 0 aliphatic carbocycles. The van der Waals surface area contributed by atoms with Crippen molar-refractivity contribution < 1.29 is 23.9 Å². The van der Waals surface area contributed by atoms with Crippen molar-refractivity contribution in [3.05, 3.63) is 119 Å². The number of amides is 3. The largest absolute Gasteiger partial charge is 0.493 e. The van der Waals surface area contributed by atoms with E-state index in [1.54, 1.807) is 56.9 Å². The lowest BCUT2D eigenvalue weighted by molar-refractivity contribution is -0.120. The summed E-state index contributed by atoms with van der Waals surface area (Å²) in [6, 6.07) is 24.6. The van der Waals surface area contributed by atoms with Gasteiger partial charge in [-0.15, -0.1) is 0 Å². The standard InChI is InChI=1S/C38H41N5O5/c1-26(28-8-5-4-6-9-28)41-20-22-42(23-21-41)32-11-7-10-30-36(32)38(46)43(37(30)45)31(29-12-13-33(47-2)34(25-29)48-3)16-19-40-35(44)24-27-14-17-39-18-15-27/h4-15,17-18,25-26,31H,16,19-24H2,1-3H3,(H,40,44). The van der Waals surface area contributed by atoms with Crippen LogP contribution in [0.4, 0.5) is 5.69 Å². The van der Waals surface area contributed by atoms with Crippen molar-refractivity contribution in [1.82, 2.24) is 20.1 Å². The summed E-state index contributed by atoms with van der Waals surface area (Å²) in [5.74, 6) is 0.181. The van der Waals surface area contributed by atoms with Crippen molar-refractivity contribution >= 4 is 23.4 Å². The number of hydrogen-bond donors (Lipinski definition) is 1. The Balaban J connectivity index is 1.23. The van der Waals surface area contributed by atoms with Crippen molar-refractivity contribution in [1.29, 1.82) is 0 Å². The lowest BCUT2D eigenvalue weighted by Crippen LogP contribution is -2.47. The topological polar surface area (TPSA) is 104 Å². The van der Waals surface area contributed by atoms with Crippen LogP contribution in [0, 0.1) is 0 Å². The average molecular weight is 648 g/mol. The number of carbonyl (C=O) groups is 3. The van der Waals surface area contributed by atoms with Crippen LogP contribution in [0.3, 0.4) is 0 Å². The van der Waals surface area contributed by atoms with Gasteiger partial charge in [-0.2, -0.15) is 0 Å². The lowest BCUT2D eigenvalue weighted by atomic mass is 10.0. The van der Waals surface area contributed by atoms with E-state index < -0.39 is 6.04 Å². The number of nitrogens with one attached hydrogen (secondary N) is 1. The molecule has 1 aromatic heterocycles. The quantitative estimate of drug-likeness (QED) is 0.213. The van der Waals surface area contributed by atoms with Crippen molar-refractivity contribution in [2.24, 2.45) is 0 Å². The van der Waals surface area contributed by atoms with Gasteiger partial charge in [0.2, 0.25) is 5.91 Å². The zero-order chi connectivity index (χ0) is 33.6. The van der Waals surface area contributed by atoms with E-state index in [1.807, 2.05) is 24.3 Å². The highest BCUT2D eigenvalue weighted by molar-refractivity contribution is 6.24. The number of benzene rings is 3. The first-order valence-corrected chi connectivity index (χ1v) is 16.3. The van der Waals surface area contributed by atoms with Crippen molar-refractivity contribution in [2.45, 2.75) is 31.8 Å². The van der Waals surface area contributed by atoms with E-state index in [0.717, 1.165) is 37.4 Å². The Kier molecular flexibility index (Phi) is 10.0. The molecule has 1 fully saturated rings. The first kappa shape index (κ1) is 32.7. The summed E-state index contributed by atoms with van der Waals surface area (Å²) in [5.41, 5.74) is 4.43. The Bertz CT molecular complexity index is 1760. The SMILES string of the molecule is COc1ccc(C(CCNC(=O)Cc2ccncc2)N2C(=O)c3cccc(N4CCN(C(C)c5ccccc5)CC4)c3C2=O)cc1OC. The van der Waals surface area contributed by atoms with Gasteiger partial charge < -0.3 is 19.7 Å². The summed E-state index contributed by atoms with van der Waals surface area (Å²) in [7, 11) is 3.10. The summed E-state index contributed by atoms with van der Waals surface area (Å²) in [6.45, 7) is 5.61. The van der Waals surface area contributed by atoms with E-state index in [4.69, 9.17) is 9.47 Å². The van der Waals surface area contributed by atoms with E-state index in [2.05, 4.69) is 51.3 Å². The van der Waals surface area contributed by atoms with Gasteiger partial charge in [0.1, 0.15) is 0 Å². The van der Waals surface area contributed by atoms with E-state index >= 15 is 0 Å². The third kappa shape index (κ3) is 6.75. The highest BCUT2D eigenvalue weighted by Gasteiger charge is 2.43. The number of piperazine rings is 1. The summed E-state index contributed by atoms with van der Waals surface area (Å²) < 4.78 is 11.0. The number of methoxy groups -OCH3 is 2. The fraction of sp³-hybridized carbons (Fsp3) is 0.316. The fourth-order valence-corrected chi connectivity index (χ4v) is 6.73.